The van der Waals surface area contributed by atoms with E-state index >= 15 is 0 Å². The summed E-state index contributed by atoms with van der Waals surface area (Å²) in [4.78, 5) is 11.4. The SMILES string of the molecule is C=C(C)N(C)C.C=CC.CC.CC(C)=O. The first-order valence-electron chi connectivity index (χ1n) is 5.16. The summed E-state index contributed by atoms with van der Waals surface area (Å²) in [5.41, 5.74) is 1.09. The maximum absolute atomic E-state index is 9.44. The molecule has 0 heterocycles. The highest BCUT2D eigenvalue weighted by Crippen LogP contribution is 1.86. The Bertz CT molecular complexity index is 145. The van der Waals surface area contributed by atoms with Gasteiger partial charge in [0.25, 0.3) is 0 Å². The molecule has 0 saturated carbocycles. The van der Waals surface area contributed by atoms with Gasteiger partial charge in [0, 0.05) is 19.8 Å². The molecule has 0 aromatic carbocycles. The van der Waals surface area contributed by atoms with Gasteiger partial charge >= 0.3 is 0 Å². The molecule has 92 valence electrons. The quantitative estimate of drug-likeness (QED) is 0.618. The molecule has 0 aliphatic carbocycles. The van der Waals surface area contributed by atoms with Crippen LogP contribution in [0.15, 0.2) is 24.9 Å². The molecule has 0 rings (SSSR count). The molecule has 0 N–H and O–H groups in total. The van der Waals surface area contributed by atoms with E-state index in [1.807, 2.05) is 46.7 Å². The molecule has 0 atom stereocenters. The minimum Gasteiger partial charge on any atom is -0.382 e. The molecule has 2 heteroatoms. The van der Waals surface area contributed by atoms with E-state index in [1.165, 1.54) is 13.8 Å². The maximum Gasteiger partial charge on any atom is 0.126 e. The van der Waals surface area contributed by atoms with Crippen molar-refractivity contribution in [3.8, 4) is 0 Å². The Morgan fingerprint density at radius 1 is 1.13 bits per heavy atom. The molecule has 0 fully saturated rings. The lowest BCUT2D eigenvalue weighted by Gasteiger charge is -2.08. The largest absolute Gasteiger partial charge is 0.382 e. The number of carbonyl (C=O) groups excluding carboxylic acids is 1. The molecule has 0 aliphatic rings. The number of hydrogen-bond donors (Lipinski definition) is 0. The smallest absolute Gasteiger partial charge is 0.126 e. The zero-order chi connectivity index (χ0) is 13.4. The van der Waals surface area contributed by atoms with Gasteiger partial charge in [0.05, 0.1) is 0 Å². The van der Waals surface area contributed by atoms with Crippen molar-refractivity contribution in [3.63, 3.8) is 0 Å². The van der Waals surface area contributed by atoms with Crippen LogP contribution in [0.1, 0.15) is 41.5 Å². The first kappa shape index (κ1) is 23.6. The molecule has 0 amide bonds. The van der Waals surface area contributed by atoms with E-state index in [0.29, 0.717) is 0 Å². The standard InChI is InChI=1S/C5H11N.C3H6O.C3H6.C2H6/c1-5(2)6(3)4;1-3(2)4;1-3-2;1-2/h1H2,2-4H3;1-2H3;3H,1H2,2H3;1-2H3. The molecule has 0 unspecified atom stereocenters. The van der Waals surface area contributed by atoms with Gasteiger partial charge in [-0.3, -0.25) is 0 Å². The summed E-state index contributed by atoms with van der Waals surface area (Å²) in [6, 6.07) is 0. The third-order valence-corrected chi connectivity index (χ3v) is 0.763. The Labute approximate surface area is 96.7 Å². The molecule has 15 heavy (non-hydrogen) atoms. The minimum absolute atomic E-state index is 0.167. The van der Waals surface area contributed by atoms with Gasteiger partial charge in [-0.05, 0) is 27.7 Å². The molecule has 0 aliphatic heterocycles. The number of rotatable bonds is 1. The molecule has 0 aromatic rings. The summed E-state index contributed by atoms with van der Waals surface area (Å²) < 4.78 is 0. The molecule has 0 radical (unpaired) electrons. The second-order valence-electron chi connectivity index (χ2n) is 2.95. The second kappa shape index (κ2) is 23.1. The number of ketones is 1. The summed E-state index contributed by atoms with van der Waals surface area (Å²) in [5, 5.41) is 0. The van der Waals surface area contributed by atoms with Crippen LogP contribution in [0, 0.1) is 0 Å². The van der Waals surface area contributed by atoms with E-state index in [2.05, 4.69) is 13.2 Å². The zero-order valence-corrected chi connectivity index (χ0v) is 11.8. The van der Waals surface area contributed by atoms with E-state index in [-0.39, 0.29) is 5.78 Å². The van der Waals surface area contributed by atoms with E-state index < -0.39 is 0 Å². The van der Waals surface area contributed by atoms with E-state index in [4.69, 9.17) is 0 Å². The van der Waals surface area contributed by atoms with E-state index in [1.54, 1.807) is 6.08 Å². The summed E-state index contributed by atoms with van der Waals surface area (Å²) in [6.45, 7) is 18.0. The number of hydrogen-bond acceptors (Lipinski definition) is 2. The summed E-state index contributed by atoms with van der Waals surface area (Å²) in [7, 11) is 3.95. The monoisotopic (exact) mass is 215 g/mol. The van der Waals surface area contributed by atoms with E-state index in [9.17, 15) is 4.79 Å². The Morgan fingerprint density at radius 2 is 1.20 bits per heavy atom. The van der Waals surface area contributed by atoms with Gasteiger partial charge in [-0.25, -0.2) is 0 Å². The molecular formula is C13H29NO. The first-order chi connectivity index (χ1) is 6.79. The minimum atomic E-state index is 0.167. The van der Waals surface area contributed by atoms with Crippen LogP contribution in [0.2, 0.25) is 0 Å². The van der Waals surface area contributed by atoms with Crippen LogP contribution >= 0.6 is 0 Å². The number of Topliss-reactive ketones (excluding diaryl/α,β-unsaturated/α-hetero) is 1. The van der Waals surface area contributed by atoms with Gasteiger partial charge in [-0.2, -0.15) is 0 Å². The molecule has 0 saturated heterocycles. The number of nitrogens with zero attached hydrogens (tertiary/aromatic N) is 1. The average Bonchev–Trinajstić information content (AvgIpc) is 2.08. The van der Waals surface area contributed by atoms with Crippen molar-refractivity contribution in [3.05, 3.63) is 24.9 Å². The maximum atomic E-state index is 9.44. The van der Waals surface area contributed by atoms with Crippen molar-refractivity contribution in [2.24, 2.45) is 0 Å². The van der Waals surface area contributed by atoms with Gasteiger partial charge in [0.15, 0.2) is 0 Å². The van der Waals surface area contributed by atoms with Gasteiger partial charge in [0.1, 0.15) is 5.78 Å². The van der Waals surface area contributed by atoms with Gasteiger partial charge in [-0.15, -0.1) is 6.58 Å². The molecule has 0 aromatic heterocycles. The van der Waals surface area contributed by atoms with E-state index in [0.717, 1.165) is 5.70 Å². The highest BCUT2D eigenvalue weighted by molar-refractivity contribution is 5.72. The number of carbonyl (C=O) groups is 1. The lowest BCUT2D eigenvalue weighted by atomic mass is 10.5. The van der Waals surface area contributed by atoms with Gasteiger partial charge in [-0.1, -0.05) is 26.5 Å². The average molecular weight is 215 g/mol. The molecule has 0 bridgehead atoms. The third kappa shape index (κ3) is 178. The van der Waals surface area contributed by atoms with Crippen molar-refractivity contribution in [1.82, 2.24) is 4.90 Å². The Balaban J connectivity index is -0.0000000590. The van der Waals surface area contributed by atoms with Crippen LogP contribution in [0.5, 0.6) is 0 Å². The van der Waals surface area contributed by atoms with Crippen molar-refractivity contribution < 1.29 is 4.79 Å². The highest BCUT2D eigenvalue weighted by Gasteiger charge is 1.79. The lowest BCUT2D eigenvalue weighted by Crippen LogP contribution is -2.05. The predicted molar refractivity (Wildman–Crippen MR) is 72.1 cm³/mol. The topological polar surface area (TPSA) is 20.3 Å². The van der Waals surface area contributed by atoms with Crippen molar-refractivity contribution in [2.75, 3.05) is 14.1 Å². The van der Waals surface area contributed by atoms with Crippen molar-refractivity contribution >= 4 is 5.78 Å². The fourth-order valence-corrected chi connectivity index (χ4v) is 0. The Hall–Kier alpha value is -1.05. The van der Waals surface area contributed by atoms with Gasteiger partial charge in [0.2, 0.25) is 0 Å². The fraction of sp³-hybridized carbons (Fsp3) is 0.615. The Morgan fingerprint density at radius 3 is 1.20 bits per heavy atom. The van der Waals surface area contributed by atoms with Crippen LogP contribution in [0.25, 0.3) is 0 Å². The normalized spacial score (nSPS) is 6.13. The fourth-order valence-electron chi connectivity index (χ4n) is 0. The van der Waals surface area contributed by atoms with Gasteiger partial charge < -0.3 is 9.69 Å². The van der Waals surface area contributed by atoms with Crippen molar-refractivity contribution in [1.29, 1.82) is 0 Å². The summed E-state index contributed by atoms with van der Waals surface area (Å²) >= 11 is 0. The Kier molecular flexibility index (Phi) is 36.4. The highest BCUT2D eigenvalue weighted by atomic mass is 16.1. The van der Waals surface area contributed by atoms with Crippen LogP contribution < -0.4 is 0 Å². The van der Waals surface area contributed by atoms with Crippen LogP contribution in [-0.2, 0) is 4.79 Å². The van der Waals surface area contributed by atoms with Crippen LogP contribution in [0.4, 0.5) is 0 Å². The lowest BCUT2D eigenvalue weighted by molar-refractivity contribution is -0.114. The van der Waals surface area contributed by atoms with Crippen LogP contribution in [-0.4, -0.2) is 24.8 Å². The zero-order valence-electron chi connectivity index (χ0n) is 11.8. The summed E-state index contributed by atoms with van der Waals surface area (Å²) in [5.74, 6) is 0.167. The first-order valence-corrected chi connectivity index (χ1v) is 5.16. The van der Waals surface area contributed by atoms with Crippen molar-refractivity contribution in [2.45, 2.75) is 41.5 Å². The summed E-state index contributed by atoms with van der Waals surface area (Å²) in [6.07, 6.45) is 1.75. The third-order valence-electron chi connectivity index (χ3n) is 0.763. The van der Waals surface area contributed by atoms with Crippen LogP contribution in [0.3, 0.4) is 0 Å². The predicted octanol–water partition coefficient (Wildman–Crippen LogP) is 3.90. The molecular weight excluding hydrogens is 186 g/mol. The molecule has 2 nitrogen and oxygen atoms in total. The number of allylic oxidation sites excluding steroid dienone is 2. The molecule has 0 spiro atoms. The second-order valence-corrected chi connectivity index (χ2v) is 2.95.